The number of hydrogen-bond donors (Lipinski definition) is 2. The van der Waals surface area contributed by atoms with E-state index in [1.165, 1.54) is 11.8 Å². The number of anilines is 1. The predicted octanol–water partition coefficient (Wildman–Crippen LogP) is 3.16. The minimum Gasteiger partial charge on any atom is -0.366 e. The van der Waals surface area contributed by atoms with E-state index in [9.17, 15) is 9.59 Å². The molecule has 0 saturated heterocycles. The Balaban J connectivity index is 1.52. The lowest BCUT2D eigenvalue weighted by Crippen LogP contribution is -2.15. The Morgan fingerprint density at radius 2 is 1.74 bits per heavy atom. The molecule has 2 aromatic carbocycles. The van der Waals surface area contributed by atoms with Crippen molar-refractivity contribution in [2.45, 2.75) is 5.16 Å². The molecule has 2 heterocycles. The van der Waals surface area contributed by atoms with Crippen molar-refractivity contribution in [3.05, 3.63) is 84.7 Å². The van der Waals surface area contributed by atoms with Crippen LogP contribution < -0.4 is 11.1 Å². The molecule has 0 bridgehead atoms. The number of nitrogens with zero attached hydrogens (tertiary/aromatic N) is 4. The quantitative estimate of drug-likeness (QED) is 0.435. The first kappa shape index (κ1) is 20.3. The van der Waals surface area contributed by atoms with E-state index in [-0.39, 0.29) is 11.7 Å². The molecule has 0 aliphatic carbocycles. The maximum Gasteiger partial charge on any atom is 0.248 e. The fourth-order valence-electron chi connectivity index (χ4n) is 2.90. The van der Waals surface area contributed by atoms with E-state index in [1.807, 2.05) is 47.0 Å². The molecule has 0 aliphatic rings. The fraction of sp³-hybridized carbons (Fsp3) is 0.0455. The molecule has 154 valence electrons. The van der Waals surface area contributed by atoms with Crippen molar-refractivity contribution < 1.29 is 9.59 Å². The third kappa shape index (κ3) is 4.78. The van der Waals surface area contributed by atoms with Gasteiger partial charge in [0.15, 0.2) is 11.0 Å². The zero-order valence-electron chi connectivity index (χ0n) is 16.3. The lowest BCUT2D eigenvalue weighted by Gasteiger charge is -2.10. The molecule has 3 N–H and O–H groups in total. The molecule has 0 spiro atoms. The zero-order valence-corrected chi connectivity index (χ0v) is 17.1. The van der Waals surface area contributed by atoms with Crippen molar-refractivity contribution in [2.75, 3.05) is 11.1 Å². The summed E-state index contributed by atoms with van der Waals surface area (Å²) in [6.07, 6.45) is 3.42. The summed E-state index contributed by atoms with van der Waals surface area (Å²) in [5.74, 6) is 0.0555. The van der Waals surface area contributed by atoms with Crippen LogP contribution in [0.15, 0.2) is 84.3 Å². The van der Waals surface area contributed by atoms with Crippen LogP contribution in [0.3, 0.4) is 0 Å². The van der Waals surface area contributed by atoms with Gasteiger partial charge in [0, 0.05) is 34.9 Å². The molecular formula is C22H18N6O2S. The van der Waals surface area contributed by atoms with E-state index in [4.69, 9.17) is 5.73 Å². The van der Waals surface area contributed by atoms with Crippen molar-refractivity contribution in [1.29, 1.82) is 0 Å². The average molecular weight is 430 g/mol. The summed E-state index contributed by atoms with van der Waals surface area (Å²) in [6, 6.07) is 19.8. The van der Waals surface area contributed by atoms with Gasteiger partial charge in [0.1, 0.15) is 0 Å². The lowest BCUT2D eigenvalue weighted by atomic mass is 10.2. The van der Waals surface area contributed by atoms with Gasteiger partial charge in [-0.2, -0.15) is 0 Å². The van der Waals surface area contributed by atoms with E-state index in [0.717, 1.165) is 11.3 Å². The molecule has 0 atom stereocenters. The number of hydrogen-bond acceptors (Lipinski definition) is 6. The number of carbonyl (C=O) groups excluding carboxylic acids is 2. The fourth-order valence-corrected chi connectivity index (χ4v) is 3.65. The molecule has 0 unspecified atom stereocenters. The number of primary amides is 1. The maximum absolute atomic E-state index is 12.4. The van der Waals surface area contributed by atoms with Crippen LogP contribution in [0.1, 0.15) is 10.4 Å². The van der Waals surface area contributed by atoms with Gasteiger partial charge in [-0.1, -0.05) is 30.0 Å². The standard InChI is InChI=1S/C22H18N6O2S/c23-20(30)15-8-10-17(11-9-15)25-19(29)14-31-22-27-26-21(16-5-4-12-24-13-16)28(22)18-6-2-1-3-7-18/h1-13H,14H2,(H2,23,30)(H,25,29). The third-order valence-corrected chi connectivity index (χ3v) is 5.28. The van der Waals surface area contributed by atoms with E-state index >= 15 is 0 Å². The number of nitrogens with two attached hydrogens (primary N) is 1. The number of aromatic nitrogens is 4. The van der Waals surface area contributed by atoms with Crippen molar-refractivity contribution in [3.8, 4) is 17.1 Å². The minimum atomic E-state index is -0.516. The normalized spacial score (nSPS) is 10.6. The molecule has 31 heavy (non-hydrogen) atoms. The van der Waals surface area contributed by atoms with Crippen LogP contribution in [0.4, 0.5) is 5.69 Å². The highest BCUT2D eigenvalue weighted by atomic mass is 32.2. The number of nitrogens with one attached hydrogen (secondary N) is 1. The van der Waals surface area contributed by atoms with E-state index in [0.29, 0.717) is 22.2 Å². The predicted molar refractivity (Wildman–Crippen MR) is 119 cm³/mol. The molecule has 2 aromatic heterocycles. The van der Waals surface area contributed by atoms with Crippen molar-refractivity contribution >= 4 is 29.3 Å². The maximum atomic E-state index is 12.4. The summed E-state index contributed by atoms with van der Waals surface area (Å²) < 4.78 is 1.90. The van der Waals surface area contributed by atoms with Crippen molar-refractivity contribution in [2.24, 2.45) is 5.73 Å². The highest BCUT2D eigenvalue weighted by Crippen LogP contribution is 2.27. The zero-order chi connectivity index (χ0) is 21.6. The number of para-hydroxylation sites is 1. The van der Waals surface area contributed by atoms with Gasteiger partial charge in [-0.15, -0.1) is 10.2 Å². The first-order valence-electron chi connectivity index (χ1n) is 9.35. The number of benzene rings is 2. The monoisotopic (exact) mass is 430 g/mol. The van der Waals surface area contributed by atoms with Gasteiger partial charge in [0.25, 0.3) is 0 Å². The smallest absolute Gasteiger partial charge is 0.248 e. The number of carbonyl (C=O) groups is 2. The summed E-state index contributed by atoms with van der Waals surface area (Å²) in [5, 5.41) is 12.0. The highest BCUT2D eigenvalue weighted by molar-refractivity contribution is 7.99. The van der Waals surface area contributed by atoms with Gasteiger partial charge in [-0.25, -0.2) is 0 Å². The summed E-state index contributed by atoms with van der Waals surface area (Å²) in [5.41, 5.74) is 7.90. The Labute approximate surface area is 182 Å². The first-order valence-corrected chi connectivity index (χ1v) is 10.3. The number of rotatable bonds is 7. The molecule has 0 saturated carbocycles. The van der Waals surface area contributed by atoms with Gasteiger partial charge in [-0.3, -0.25) is 19.1 Å². The summed E-state index contributed by atoms with van der Waals surface area (Å²) in [6.45, 7) is 0. The van der Waals surface area contributed by atoms with Crippen molar-refractivity contribution in [1.82, 2.24) is 19.7 Å². The van der Waals surface area contributed by atoms with E-state index in [2.05, 4.69) is 20.5 Å². The van der Waals surface area contributed by atoms with Crippen LogP contribution in [0.25, 0.3) is 17.1 Å². The number of amides is 2. The molecule has 4 rings (SSSR count). The van der Waals surface area contributed by atoms with Gasteiger partial charge in [0.05, 0.1) is 5.75 Å². The van der Waals surface area contributed by atoms with Gasteiger partial charge in [0.2, 0.25) is 11.8 Å². The Morgan fingerprint density at radius 3 is 2.42 bits per heavy atom. The summed E-state index contributed by atoms with van der Waals surface area (Å²) in [4.78, 5) is 27.8. The molecule has 9 heteroatoms. The lowest BCUT2D eigenvalue weighted by molar-refractivity contribution is -0.113. The van der Waals surface area contributed by atoms with E-state index in [1.54, 1.807) is 36.7 Å². The second-order valence-corrected chi connectivity index (χ2v) is 7.44. The van der Waals surface area contributed by atoms with E-state index < -0.39 is 5.91 Å². The topological polar surface area (TPSA) is 116 Å². The van der Waals surface area contributed by atoms with Crippen LogP contribution >= 0.6 is 11.8 Å². The molecule has 0 radical (unpaired) electrons. The van der Waals surface area contributed by atoms with Crippen LogP contribution in [0, 0.1) is 0 Å². The van der Waals surface area contributed by atoms with Gasteiger partial charge < -0.3 is 11.1 Å². The average Bonchev–Trinajstić information content (AvgIpc) is 3.23. The molecule has 2 amide bonds. The third-order valence-electron chi connectivity index (χ3n) is 4.35. The van der Waals surface area contributed by atoms with Crippen molar-refractivity contribution in [3.63, 3.8) is 0 Å². The van der Waals surface area contributed by atoms with Gasteiger partial charge in [-0.05, 0) is 48.5 Å². The largest absolute Gasteiger partial charge is 0.366 e. The Kier molecular flexibility index (Phi) is 6.04. The van der Waals surface area contributed by atoms with Gasteiger partial charge >= 0.3 is 0 Å². The van der Waals surface area contributed by atoms with Crippen LogP contribution in [-0.2, 0) is 4.79 Å². The minimum absolute atomic E-state index is 0.135. The second-order valence-electron chi connectivity index (χ2n) is 6.50. The molecule has 4 aromatic rings. The molecular weight excluding hydrogens is 412 g/mol. The number of pyridine rings is 1. The Hall–Kier alpha value is -3.98. The first-order chi connectivity index (χ1) is 15.1. The number of thioether (sulfide) groups is 1. The Bertz CT molecular complexity index is 1190. The summed E-state index contributed by atoms with van der Waals surface area (Å²) >= 11 is 1.28. The second kappa shape index (κ2) is 9.23. The van der Waals surface area contributed by atoms with Crippen LogP contribution in [0.2, 0.25) is 0 Å². The highest BCUT2D eigenvalue weighted by Gasteiger charge is 2.17. The van der Waals surface area contributed by atoms with Crippen LogP contribution in [-0.4, -0.2) is 37.3 Å². The molecule has 0 fully saturated rings. The summed E-state index contributed by atoms with van der Waals surface area (Å²) in [7, 11) is 0. The molecule has 8 nitrogen and oxygen atoms in total. The SMILES string of the molecule is NC(=O)c1ccc(NC(=O)CSc2nnc(-c3cccnc3)n2-c2ccccc2)cc1. The van der Waals surface area contributed by atoms with Crippen LogP contribution in [0.5, 0.6) is 0 Å². The Morgan fingerprint density at radius 1 is 0.968 bits per heavy atom. The molecule has 0 aliphatic heterocycles.